The predicted molar refractivity (Wildman–Crippen MR) is 65.8 cm³/mol. The molecule has 86 valence electrons. The number of benzene rings is 1. The van der Waals surface area contributed by atoms with E-state index in [9.17, 15) is 4.39 Å². The molecular formula is C12H8BrFN2O. The van der Waals surface area contributed by atoms with E-state index in [4.69, 9.17) is 5.21 Å². The zero-order valence-corrected chi connectivity index (χ0v) is 10.2. The Morgan fingerprint density at radius 1 is 1.24 bits per heavy atom. The van der Waals surface area contributed by atoms with Crippen LogP contribution in [-0.2, 0) is 0 Å². The van der Waals surface area contributed by atoms with Gasteiger partial charge in [0.25, 0.3) is 0 Å². The van der Waals surface area contributed by atoms with E-state index in [-0.39, 0.29) is 11.3 Å². The van der Waals surface area contributed by atoms with Crippen LogP contribution in [0.1, 0.15) is 11.3 Å². The largest absolute Gasteiger partial charge is 0.410 e. The molecule has 1 aromatic heterocycles. The zero-order valence-electron chi connectivity index (χ0n) is 8.64. The smallest absolute Gasteiger partial charge is 0.146 e. The van der Waals surface area contributed by atoms with Crippen molar-refractivity contribution in [2.45, 2.75) is 0 Å². The van der Waals surface area contributed by atoms with Gasteiger partial charge in [-0.15, -0.1) is 0 Å². The summed E-state index contributed by atoms with van der Waals surface area (Å²) in [5.74, 6) is -0.481. The van der Waals surface area contributed by atoms with Crippen molar-refractivity contribution in [3.63, 3.8) is 0 Å². The molecule has 2 rings (SSSR count). The first-order valence-corrected chi connectivity index (χ1v) is 5.61. The Hall–Kier alpha value is -1.75. The molecule has 0 atom stereocenters. The molecular weight excluding hydrogens is 287 g/mol. The van der Waals surface area contributed by atoms with Gasteiger partial charge in [-0.2, -0.15) is 0 Å². The minimum absolute atomic E-state index is 0.101. The molecule has 1 N–H and O–H groups in total. The van der Waals surface area contributed by atoms with Gasteiger partial charge >= 0.3 is 0 Å². The molecule has 0 spiro atoms. The highest BCUT2D eigenvalue weighted by molar-refractivity contribution is 9.10. The predicted octanol–water partition coefficient (Wildman–Crippen LogP) is 3.21. The average molecular weight is 295 g/mol. The van der Waals surface area contributed by atoms with Gasteiger partial charge in [0.15, 0.2) is 0 Å². The normalized spacial score (nSPS) is 11.5. The summed E-state index contributed by atoms with van der Waals surface area (Å²) in [6.45, 7) is 0. The lowest BCUT2D eigenvalue weighted by molar-refractivity contribution is 0.319. The van der Waals surface area contributed by atoms with Gasteiger partial charge in [0.2, 0.25) is 0 Å². The van der Waals surface area contributed by atoms with Crippen LogP contribution in [0.5, 0.6) is 0 Å². The highest BCUT2D eigenvalue weighted by Gasteiger charge is 2.15. The minimum atomic E-state index is -0.481. The molecule has 0 amide bonds. The Balaban J connectivity index is 2.55. The number of aromatic nitrogens is 1. The molecule has 0 unspecified atom stereocenters. The van der Waals surface area contributed by atoms with E-state index in [1.54, 1.807) is 36.5 Å². The van der Waals surface area contributed by atoms with E-state index < -0.39 is 5.82 Å². The molecule has 5 heteroatoms. The van der Waals surface area contributed by atoms with Crippen molar-refractivity contribution in [2.24, 2.45) is 5.16 Å². The maximum atomic E-state index is 13.9. The van der Waals surface area contributed by atoms with Crippen LogP contribution < -0.4 is 0 Å². The fraction of sp³-hybridized carbons (Fsp3) is 0. The van der Waals surface area contributed by atoms with Gasteiger partial charge in [-0.3, -0.25) is 4.98 Å². The summed E-state index contributed by atoms with van der Waals surface area (Å²) < 4.78 is 14.2. The summed E-state index contributed by atoms with van der Waals surface area (Å²) >= 11 is 3.08. The monoisotopic (exact) mass is 294 g/mol. The van der Waals surface area contributed by atoms with Crippen LogP contribution in [0, 0.1) is 5.82 Å². The van der Waals surface area contributed by atoms with Gasteiger partial charge in [-0.25, -0.2) is 4.39 Å². The Morgan fingerprint density at radius 3 is 2.71 bits per heavy atom. The van der Waals surface area contributed by atoms with Crippen molar-refractivity contribution in [2.75, 3.05) is 0 Å². The number of nitrogens with zero attached hydrogens (tertiary/aromatic N) is 2. The Bertz CT molecular complexity index is 558. The van der Waals surface area contributed by atoms with Crippen molar-refractivity contribution in [3.8, 4) is 0 Å². The fourth-order valence-electron chi connectivity index (χ4n) is 1.43. The van der Waals surface area contributed by atoms with Crippen molar-refractivity contribution < 1.29 is 9.60 Å². The maximum Gasteiger partial charge on any atom is 0.146 e. The lowest BCUT2D eigenvalue weighted by Gasteiger charge is -2.06. The van der Waals surface area contributed by atoms with Crippen LogP contribution in [-0.4, -0.2) is 15.9 Å². The van der Waals surface area contributed by atoms with E-state index in [1.165, 1.54) is 6.07 Å². The standard InChI is InChI=1S/C12H8BrFN2O/c13-9-5-3-4-8(11(9)14)12(16-17)10-6-1-2-7-15-10/h1-7,17H. The molecule has 0 aliphatic heterocycles. The summed E-state index contributed by atoms with van der Waals surface area (Å²) in [5.41, 5.74) is 0.706. The lowest BCUT2D eigenvalue weighted by atomic mass is 10.1. The quantitative estimate of drug-likeness (QED) is 0.525. The molecule has 17 heavy (non-hydrogen) atoms. The Kier molecular flexibility index (Phi) is 3.49. The van der Waals surface area contributed by atoms with Gasteiger partial charge in [-0.05, 0) is 40.2 Å². The SMILES string of the molecule is ON=C(c1ccccn1)c1cccc(Br)c1F. The van der Waals surface area contributed by atoms with Crippen molar-refractivity contribution >= 4 is 21.6 Å². The van der Waals surface area contributed by atoms with E-state index >= 15 is 0 Å². The van der Waals surface area contributed by atoms with Crippen molar-refractivity contribution in [3.05, 3.63) is 64.1 Å². The maximum absolute atomic E-state index is 13.9. The van der Waals surface area contributed by atoms with Crippen LogP contribution in [0.2, 0.25) is 0 Å². The van der Waals surface area contributed by atoms with Crippen LogP contribution in [0.4, 0.5) is 4.39 Å². The lowest BCUT2D eigenvalue weighted by Crippen LogP contribution is -2.08. The topological polar surface area (TPSA) is 45.5 Å². The van der Waals surface area contributed by atoms with Gasteiger partial charge in [0, 0.05) is 11.8 Å². The molecule has 0 aliphatic carbocycles. The second kappa shape index (κ2) is 5.05. The fourth-order valence-corrected chi connectivity index (χ4v) is 1.80. The molecule has 0 saturated carbocycles. The highest BCUT2D eigenvalue weighted by atomic mass is 79.9. The van der Waals surface area contributed by atoms with Crippen molar-refractivity contribution in [1.29, 1.82) is 0 Å². The number of oxime groups is 1. The zero-order chi connectivity index (χ0) is 12.3. The van der Waals surface area contributed by atoms with Gasteiger partial charge in [0.05, 0.1) is 10.2 Å². The number of pyridine rings is 1. The highest BCUT2D eigenvalue weighted by Crippen LogP contribution is 2.20. The Labute approximate surface area is 106 Å². The summed E-state index contributed by atoms with van der Waals surface area (Å²) in [4.78, 5) is 4.02. The molecule has 2 aromatic rings. The Morgan fingerprint density at radius 2 is 2.06 bits per heavy atom. The van der Waals surface area contributed by atoms with Crippen LogP contribution in [0.25, 0.3) is 0 Å². The first-order valence-electron chi connectivity index (χ1n) is 4.82. The number of hydrogen-bond acceptors (Lipinski definition) is 3. The summed E-state index contributed by atoms with van der Waals surface area (Å²) in [5, 5.41) is 12.1. The van der Waals surface area contributed by atoms with E-state index in [0.717, 1.165) is 0 Å². The molecule has 3 nitrogen and oxygen atoms in total. The number of hydrogen-bond donors (Lipinski definition) is 1. The second-order valence-electron chi connectivity index (χ2n) is 3.26. The minimum Gasteiger partial charge on any atom is -0.410 e. The van der Waals surface area contributed by atoms with Crippen LogP contribution in [0.15, 0.2) is 52.2 Å². The average Bonchev–Trinajstić information content (AvgIpc) is 2.37. The molecule has 0 saturated heterocycles. The molecule has 1 aromatic carbocycles. The van der Waals surface area contributed by atoms with E-state index in [0.29, 0.717) is 10.2 Å². The third kappa shape index (κ3) is 2.34. The van der Waals surface area contributed by atoms with Gasteiger partial charge in [0.1, 0.15) is 11.5 Å². The summed E-state index contributed by atoms with van der Waals surface area (Å²) in [6.07, 6.45) is 1.55. The summed E-state index contributed by atoms with van der Waals surface area (Å²) in [6, 6.07) is 9.89. The molecule has 0 radical (unpaired) electrons. The number of rotatable bonds is 2. The van der Waals surface area contributed by atoms with Crippen molar-refractivity contribution in [1.82, 2.24) is 4.98 Å². The van der Waals surface area contributed by atoms with E-state index in [2.05, 4.69) is 26.1 Å². The third-order valence-corrected chi connectivity index (χ3v) is 2.83. The van der Waals surface area contributed by atoms with Crippen LogP contribution in [0.3, 0.4) is 0 Å². The third-order valence-electron chi connectivity index (χ3n) is 2.21. The molecule has 0 fully saturated rings. The molecule has 1 heterocycles. The summed E-state index contributed by atoms with van der Waals surface area (Å²) in [7, 11) is 0. The van der Waals surface area contributed by atoms with Crippen LogP contribution >= 0.6 is 15.9 Å². The first-order chi connectivity index (χ1) is 8.24. The second-order valence-corrected chi connectivity index (χ2v) is 4.12. The molecule has 0 aliphatic rings. The van der Waals surface area contributed by atoms with Gasteiger partial charge in [-0.1, -0.05) is 17.3 Å². The molecule has 0 bridgehead atoms. The van der Waals surface area contributed by atoms with Gasteiger partial charge < -0.3 is 5.21 Å². The first kappa shape index (κ1) is 11.7. The number of halogens is 2. The van der Waals surface area contributed by atoms with E-state index in [1.807, 2.05) is 0 Å².